The number of esters is 1. The number of methoxy groups -OCH3 is 1. The minimum Gasteiger partial charge on any atom is -0.466 e. The summed E-state index contributed by atoms with van der Waals surface area (Å²) >= 11 is 0. The van der Waals surface area contributed by atoms with Crippen LogP contribution in [0.15, 0.2) is 72.8 Å². The van der Waals surface area contributed by atoms with Crippen LogP contribution in [0.25, 0.3) is 0 Å². The van der Waals surface area contributed by atoms with Gasteiger partial charge in [-0.15, -0.1) is 0 Å². The summed E-state index contributed by atoms with van der Waals surface area (Å²) in [6, 6.07) is 21.0. The molecule has 0 saturated heterocycles. The van der Waals surface area contributed by atoms with Crippen molar-refractivity contribution in [2.24, 2.45) is 0 Å². The predicted octanol–water partition coefficient (Wildman–Crippen LogP) is 4.23. The lowest BCUT2D eigenvalue weighted by atomic mass is 10.1. The van der Waals surface area contributed by atoms with Crippen LogP contribution >= 0.6 is 0 Å². The van der Waals surface area contributed by atoms with E-state index in [0.717, 1.165) is 26.1 Å². The molecule has 5 nitrogen and oxygen atoms in total. The zero-order valence-electron chi connectivity index (χ0n) is 18.0. The maximum absolute atomic E-state index is 11.0. The van der Waals surface area contributed by atoms with E-state index >= 15 is 0 Å². The Balaban J connectivity index is 1.79. The van der Waals surface area contributed by atoms with Crippen LogP contribution in [0.4, 0.5) is 0 Å². The lowest BCUT2D eigenvalue weighted by molar-refractivity contribution is -0.134. The maximum atomic E-state index is 11.0. The quantitative estimate of drug-likeness (QED) is 0.264. The van der Waals surface area contributed by atoms with E-state index in [1.165, 1.54) is 24.3 Å². The van der Waals surface area contributed by atoms with Gasteiger partial charge in [-0.2, -0.15) is 0 Å². The third kappa shape index (κ3) is 9.83. The smallest absolute Gasteiger partial charge is 0.330 e. The van der Waals surface area contributed by atoms with Crippen LogP contribution in [-0.4, -0.2) is 50.4 Å². The minimum atomic E-state index is -0.376. The highest BCUT2D eigenvalue weighted by Gasteiger charge is 2.11. The van der Waals surface area contributed by atoms with Crippen molar-refractivity contribution in [3.8, 4) is 0 Å². The highest BCUT2D eigenvalue weighted by atomic mass is 16.5. The van der Waals surface area contributed by atoms with Gasteiger partial charge in [-0.25, -0.2) is 4.79 Å². The van der Waals surface area contributed by atoms with Crippen LogP contribution in [0.3, 0.4) is 0 Å². The van der Waals surface area contributed by atoms with Gasteiger partial charge >= 0.3 is 5.97 Å². The number of nitrogens with zero attached hydrogens (tertiary/aromatic N) is 1. The Morgan fingerprint density at radius 3 is 2.13 bits per heavy atom. The first kappa shape index (κ1) is 23.8. The molecule has 1 atom stereocenters. The van der Waals surface area contributed by atoms with E-state index in [0.29, 0.717) is 19.8 Å². The molecule has 0 aliphatic rings. The van der Waals surface area contributed by atoms with Crippen LogP contribution in [0, 0.1) is 0 Å². The fourth-order valence-corrected chi connectivity index (χ4v) is 3.01. The Bertz CT molecular complexity index is 692. The number of hydrogen-bond acceptors (Lipinski definition) is 5. The first-order valence-corrected chi connectivity index (χ1v) is 10.4. The van der Waals surface area contributed by atoms with Gasteiger partial charge in [0.1, 0.15) is 0 Å². The van der Waals surface area contributed by atoms with E-state index in [4.69, 9.17) is 9.47 Å². The Labute approximate surface area is 180 Å². The van der Waals surface area contributed by atoms with Crippen molar-refractivity contribution in [1.82, 2.24) is 4.90 Å². The number of rotatable bonds is 14. The summed E-state index contributed by atoms with van der Waals surface area (Å²) < 4.78 is 16.2. The molecule has 0 aromatic heterocycles. The molecule has 1 unspecified atom stereocenters. The summed E-state index contributed by atoms with van der Waals surface area (Å²) in [7, 11) is 1.35. The molecule has 30 heavy (non-hydrogen) atoms. The SMILES string of the molecule is CCC(COC/C=C/C(=O)OC)OCCN(Cc1ccccc1)Cc1ccccc1. The standard InChI is InChI=1S/C25H33NO4/c1-3-24(21-29-17-10-15-25(27)28-2)30-18-16-26(19-22-11-6-4-7-12-22)20-23-13-8-5-9-14-23/h4-15,24H,3,16-21H2,1-2H3/b15-10+. The first-order chi connectivity index (χ1) is 14.7. The van der Waals surface area contributed by atoms with Crippen molar-refractivity contribution in [3.05, 3.63) is 83.9 Å². The Hall–Kier alpha value is -2.47. The van der Waals surface area contributed by atoms with Gasteiger partial charge in [0.25, 0.3) is 0 Å². The van der Waals surface area contributed by atoms with E-state index in [2.05, 4.69) is 65.1 Å². The lowest BCUT2D eigenvalue weighted by Crippen LogP contribution is -2.29. The number of ether oxygens (including phenoxy) is 3. The van der Waals surface area contributed by atoms with Crippen molar-refractivity contribution in [2.75, 3.05) is 33.5 Å². The highest BCUT2D eigenvalue weighted by Crippen LogP contribution is 2.10. The van der Waals surface area contributed by atoms with Crippen molar-refractivity contribution in [1.29, 1.82) is 0 Å². The molecular weight excluding hydrogens is 378 g/mol. The Morgan fingerprint density at radius 1 is 1.00 bits per heavy atom. The van der Waals surface area contributed by atoms with E-state index in [1.54, 1.807) is 6.08 Å². The van der Waals surface area contributed by atoms with Crippen LogP contribution in [0.1, 0.15) is 24.5 Å². The van der Waals surface area contributed by atoms with Crippen LogP contribution in [-0.2, 0) is 32.1 Å². The van der Waals surface area contributed by atoms with Gasteiger partial charge < -0.3 is 14.2 Å². The molecule has 0 N–H and O–H groups in total. The van der Waals surface area contributed by atoms with Gasteiger partial charge in [0.15, 0.2) is 0 Å². The molecule has 0 bridgehead atoms. The molecule has 0 aliphatic heterocycles. The second-order valence-corrected chi connectivity index (χ2v) is 7.05. The summed E-state index contributed by atoms with van der Waals surface area (Å²) in [5, 5.41) is 0. The summed E-state index contributed by atoms with van der Waals surface area (Å²) in [6.07, 6.45) is 3.93. The van der Waals surface area contributed by atoms with E-state index in [-0.39, 0.29) is 12.1 Å². The van der Waals surface area contributed by atoms with Gasteiger partial charge in [0, 0.05) is 25.7 Å². The Kier molecular flexibility index (Phi) is 11.5. The molecule has 2 aromatic carbocycles. The van der Waals surface area contributed by atoms with Gasteiger partial charge in [-0.1, -0.05) is 73.7 Å². The highest BCUT2D eigenvalue weighted by molar-refractivity contribution is 5.81. The van der Waals surface area contributed by atoms with Crippen molar-refractivity contribution in [2.45, 2.75) is 32.5 Å². The molecule has 0 amide bonds. The third-order valence-electron chi connectivity index (χ3n) is 4.69. The van der Waals surface area contributed by atoms with E-state index in [1.807, 2.05) is 12.1 Å². The Morgan fingerprint density at radius 2 is 1.60 bits per heavy atom. The zero-order valence-corrected chi connectivity index (χ0v) is 18.0. The number of carbonyl (C=O) groups excluding carboxylic acids is 1. The van der Waals surface area contributed by atoms with Gasteiger partial charge in [-0.3, -0.25) is 4.90 Å². The molecule has 0 spiro atoms. The predicted molar refractivity (Wildman–Crippen MR) is 119 cm³/mol. The summed E-state index contributed by atoms with van der Waals surface area (Å²) in [5.74, 6) is -0.376. The van der Waals surface area contributed by atoms with E-state index in [9.17, 15) is 4.79 Å². The third-order valence-corrected chi connectivity index (χ3v) is 4.69. The molecular formula is C25H33NO4. The summed E-state index contributed by atoms with van der Waals surface area (Å²) in [5.41, 5.74) is 2.59. The number of hydrogen-bond donors (Lipinski definition) is 0. The summed E-state index contributed by atoms with van der Waals surface area (Å²) in [4.78, 5) is 13.4. The summed E-state index contributed by atoms with van der Waals surface area (Å²) in [6.45, 7) is 6.18. The maximum Gasteiger partial charge on any atom is 0.330 e. The molecule has 162 valence electrons. The van der Waals surface area contributed by atoms with Crippen molar-refractivity contribution >= 4 is 5.97 Å². The monoisotopic (exact) mass is 411 g/mol. The molecule has 2 aromatic rings. The van der Waals surface area contributed by atoms with Crippen molar-refractivity contribution in [3.63, 3.8) is 0 Å². The van der Waals surface area contributed by atoms with Crippen LogP contribution in [0.2, 0.25) is 0 Å². The molecule has 2 rings (SSSR count). The molecule has 0 heterocycles. The average Bonchev–Trinajstić information content (AvgIpc) is 2.78. The van der Waals surface area contributed by atoms with Gasteiger partial charge in [0.2, 0.25) is 0 Å². The number of benzene rings is 2. The fourth-order valence-electron chi connectivity index (χ4n) is 3.01. The van der Waals surface area contributed by atoms with Crippen molar-refractivity contribution < 1.29 is 19.0 Å². The molecule has 5 heteroatoms. The van der Waals surface area contributed by atoms with Crippen LogP contribution < -0.4 is 0 Å². The first-order valence-electron chi connectivity index (χ1n) is 10.4. The molecule has 0 saturated carbocycles. The minimum absolute atomic E-state index is 0.0341. The van der Waals surface area contributed by atoms with E-state index < -0.39 is 0 Å². The average molecular weight is 412 g/mol. The van der Waals surface area contributed by atoms with Gasteiger partial charge in [0.05, 0.1) is 33.0 Å². The largest absolute Gasteiger partial charge is 0.466 e. The normalized spacial score (nSPS) is 12.4. The number of carbonyl (C=O) groups is 1. The molecule has 0 radical (unpaired) electrons. The second kappa shape index (κ2) is 14.5. The zero-order chi connectivity index (χ0) is 21.4. The topological polar surface area (TPSA) is 48.0 Å². The van der Waals surface area contributed by atoms with Gasteiger partial charge in [-0.05, 0) is 17.5 Å². The molecule has 0 fully saturated rings. The second-order valence-electron chi connectivity index (χ2n) is 7.05. The molecule has 0 aliphatic carbocycles. The lowest BCUT2D eigenvalue weighted by Gasteiger charge is -2.24. The van der Waals surface area contributed by atoms with Crippen LogP contribution in [0.5, 0.6) is 0 Å². The fraction of sp³-hybridized carbons (Fsp3) is 0.400.